The molecule has 0 aliphatic carbocycles. The number of nitrogens with one attached hydrogen (secondary N) is 3. The van der Waals surface area contributed by atoms with Gasteiger partial charge in [-0.25, -0.2) is 0 Å². The van der Waals surface area contributed by atoms with E-state index in [2.05, 4.69) is 16.0 Å². The van der Waals surface area contributed by atoms with E-state index in [0.717, 1.165) is 11.1 Å². The van der Waals surface area contributed by atoms with Crippen molar-refractivity contribution in [1.29, 1.82) is 0 Å². The van der Waals surface area contributed by atoms with Crippen LogP contribution >= 0.6 is 12.2 Å². The third-order valence-corrected chi connectivity index (χ3v) is 4.94. The molecule has 144 valence electrons. The van der Waals surface area contributed by atoms with E-state index in [1.54, 1.807) is 19.1 Å². The fourth-order valence-corrected chi connectivity index (χ4v) is 3.32. The summed E-state index contributed by atoms with van der Waals surface area (Å²) in [6.45, 7) is 5.77. The lowest BCUT2D eigenvalue weighted by molar-refractivity contribution is -0.384. The summed E-state index contributed by atoms with van der Waals surface area (Å²) < 4.78 is 0. The molecule has 0 saturated carbocycles. The summed E-state index contributed by atoms with van der Waals surface area (Å²) in [6, 6.07) is 11.3. The Balaban J connectivity index is 1.93. The molecule has 0 saturated heterocycles. The number of nitro groups is 1. The molecule has 0 aromatic heterocycles. The van der Waals surface area contributed by atoms with Crippen molar-refractivity contribution in [2.24, 2.45) is 0 Å². The molecule has 1 aliphatic rings. The van der Waals surface area contributed by atoms with Gasteiger partial charge in [-0.3, -0.25) is 14.9 Å². The number of anilines is 1. The first-order chi connectivity index (χ1) is 13.3. The highest BCUT2D eigenvalue weighted by molar-refractivity contribution is 7.80. The van der Waals surface area contributed by atoms with Crippen LogP contribution in [0.5, 0.6) is 0 Å². The number of amides is 1. The number of benzene rings is 2. The molecule has 0 radical (unpaired) electrons. The fourth-order valence-electron chi connectivity index (χ4n) is 3.05. The molecule has 2 aromatic rings. The topological polar surface area (TPSA) is 96.3 Å². The minimum Gasteiger partial charge on any atom is -0.351 e. The molecule has 8 heteroatoms. The first kappa shape index (κ1) is 19.5. The van der Waals surface area contributed by atoms with Crippen LogP contribution in [0, 0.1) is 24.0 Å². The van der Waals surface area contributed by atoms with Crippen LogP contribution < -0.4 is 16.0 Å². The van der Waals surface area contributed by atoms with Crippen molar-refractivity contribution in [3.63, 3.8) is 0 Å². The Labute approximate surface area is 168 Å². The Hall–Kier alpha value is -3.26. The van der Waals surface area contributed by atoms with Crippen LogP contribution in [0.2, 0.25) is 0 Å². The van der Waals surface area contributed by atoms with Gasteiger partial charge >= 0.3 is 0 Å². The normalized spacial score (nSPS) is 16.2. The molecule has 1 amide bonds. The number of aryl methyl sites for hydroxylation is 2. The number of hydrogen-bond acceptors (Lipinski definition) is 4. The van der Waals surface area contributed by atoms with Crippen molar-refractivity contribution < 1.29 is 9.72 Å². The van der Waals surface area contributed by atoms with Gasteiger partial charge in [-0.2, -0.15) is 0 Å². The van der Waals surface area contributed by atoms with Crippen molar-refractivity contribution in [1.82, 2.24) is 10.6 Å². The summed E-state index contributed by atoms with van der Waals surface area (Å²) in [6.07, 6.45) is 0. The van der Waals surface area contributed by atoms with Crippen molar-refractivity contribution in [3.05, 3.63) is 80.5 Å². The van der Waals surface area contributed by atoms with Gasteiger partial charge < -0.3 is 16.0 Å². The molecule has 0 unspecified atom stereocenters. The first-order valence-electron chi connectivity index (χ1n) is 8.67. The Morgan fingerprint density at radius 1 is 1.11 bits per heavy atom. The summed E-state index contributed by atoms with van der Waals surface area (Å²) in [5.74, 6) is -0.272. The van der Waals surface area contributed by atoms with Crippen molar-refractivity contribution in [2.45, 2.75) is 26.8 Å². The van der Waals surface area contributed by atoms with Crippen molar-refractivity contribution in [3.8, 4) is 0 Å². The molecule has 0 fully saturated rings. The summed E-state index contributed by atoms with van der Waals surface area (Å²) in [7, 11) is 0. The number of carbonyl (C=O) groups is 1. The number of thiocarbonyl (C=S) groups is 1. The third-order valence-electron chi connectivity index (χ3n) is 4.72. The SMILES string of the molecule is CC1=C(C(=O)Nc2ccc(C)c(C)c2)[C@@H](c2ccc([N+](=O)[O-])cc2)NC(=S)N1. The number of rotatable bonds is 4. The molecular weight excluding hydrogens is 376 g/mol. The monoisotopic (exact) mass is 396 g/mol. The summed E-state index contributed by atoms with van der Waals surface area (Å²) >= 11 is 5.23. The molecule has 1 aliphatic heterocycles. The van der Waals surface area contributed by atoms with Gasteiger partial charge in [0.1, 0.15) is 0 Å². The quantitative estimate of drug-likeness (QED) is 0.415. The van der Waals surface area contributed by atoms with Gasteiger partial charge in [-0.15, -0.1) is 0 Å². The van der Waals surface area contributed by atoms with Crippen LogP contribution in [0.1, 0.15) is 29.7 Å². The number of allylic oxidation sites excluding steroid dienone is 1. The van der Waals surface area contributed by atoms with E-state index in [0.29, 0.717) is 27.6 Å². The molecule has 1 atom stereocenters. The maximum Gasteiger partial charge on any atom is 0.269 e. The van der Waals surface area contributed by atoms with E-state index < -0.39 is 11.0 Å². The smallest absolute Gasteiger partial charge is 0.269 e. The van der Waals surface area contributed by atoms with Gasteiger partial charge in [0, 0.05) is 23.5 Å². The average Bonchev–Trinajstić information content (AvgIpc) is 2.64. The van der Waals surface area contributed by atoms with E-state index >= 15 is 0 Å². The number of nitrogens with zero attached hydrogens (tertiary/aromatic N) is 1. The minimum absolute atomic E-state index is 0.0119. The lowest BCUT2D eigenvalue weighted by Gasteiger charge is -2.30. The second-order valence-corrected chi connectivity index (χ2v) is 7.08. The van der Waals surface area contributed by atoms with E-state index in [1.807, 2.05) is 32.0 Å². The third kappa shape index (κ3) is 4.01. The zero-order valence-electron chi connectivity index (χ0n) is 15.7. The van der Waals surface area contributed by atoms with Gasteiger partial charge in [0.25, 0.3) is 11.6 Å². The van der Waals surface area contributed by atoms with Crippen LogP contribution in [-0.2, 0) is 4.79 Å². The van der Waals surface area contributed by atoms with E-state index in [4.69, 9.17) is 12.2 Å². The van der Waals surface area contributed by atoms with E-state index in [-0.39, 0.29) is 11.6 Å². The lowest BCUT2D eigenvalue weighted by atomic mass is 9.94. The Kier molecular flexibility index (Phi) is 5.41. The molecule has 0 bridgehead atoms. The fraction of sp³-hybridized carbons (Fsp3) is 0.200. The average molecular weight is 396 g/mol. The van der Waals surface area contributed by atoms with Crippen molar-refractivity contribution in [2.75, 3.05) is 5.32 Å². The van der Waals surface area contributed by atoms with Crippen LogP contribution in [0.15, 0.2) is 53.7 Å². The van der Waals surface area contributed by atoms with Gasteiger partial charge in [0.05, 0.1) is 16.5 Å². The van der Waals surface area contributed by atoms with E-state index in [9.17, 15) is 14.9 Å². The lowest BCUT2D eigenvalue weighted by Crippen LogP contribution is -2.45. The van der Waals surface area contributed by atoms with Gasteiger partial charge in [-0.1, -0.05) is 6.07 Å². The molecule has 0 spiro atoms. The Morgan fingerprint density at radius 2 is 1.79 bits per heavy atom. The zero-order chi connectivity index (χ0) is 20.4. The minimum atomic E-state index is -0.513. The molecular formula is C20H20N4O3S. The van der Waals surface area contributed by atoms with Crippen molar-refractivity contribution >= 4 is 34.6 Å². The van der Waals surface area contributed by atoms with E-state index in [1.165, 1.54) is 12.1 Å². The van der Waals surface area contributed by atoms with Gasteiger partial charge in [0.2, 0.25) is 0 Å². The summed E-state index contributed by atoms with van der Waals surface area (Å²) in [5, 5.41) is 20.3. The predicted octanol–water partition coefficient (Wildman–Crippen LogP) is 3.64. The number of nitro benzene ring substituents is 1. The highest BCUT2D eigenvalue weighted by Crippen LogP contribution is 2.29. The van der Waals surface area contributed by atoms with Crippen LogP contribution in [0.25, 0.3) is 0 Å². The zero-order valence-corrected chi connectivity index (χ0v) is 16.5. The number of non-ortho nitro benzene ring substituents is 1. The largest absolute Gasteiger partial charge is 0.351 e. The molecule has 3 rings (SSSR count). The summed E-state index contributed by atoms with van der Waals surface area (Å²) in [5.41, 5.74) is 4.72. The maximum absolute atomic E-state index is 13.0. The maximum atomic E-state index is 13.0. The van der Waals surface area contributed by atoms with Gasteiger partial charge in [-0.05, 0) is 73.9 Å². The molecule has 3 N–H and O–H groups in total. The van der Waals surface area contributed by atoms with Crippen LogP contribution in [0.3, 0.4) is 0 Å². The van der Waals surface area contributed by atoms with Crippen LogP contribution in [-0.4, -0.2) is 15.9 Å². The highest BCUT2D eigenvalue weighted by atomic mass is 32.1. The molecule has 28 heavy (non-hydrogen) atoms. The molecule has 1 heterocycles. The summed E-state index contributed by atoms with van der Waals surface area (Å²) in [4.78, 5) is 23.5. The number of carbonyl (C=O) groups excluding carboxylic acids is 1. The predicted molar refractivity (Wildman–Crippen MR) is 112 cm³/mol. The molecule has 7 nitrogen and oxygen atoms in total. The highest BCUT2D eigenvalue weighted by Gasteiger charge is 2.30. The van der Waals surface area contributed by atoms with Crippen LogP contribution in [0.4, 0.5) is 11.4 Å². The second-order valence-electron chi connectivity index (χ2n) is 6.67. The van der Waals surface area contributed by atoms with Gasteiger partial charge in [0.15, 0.2) is 5.11 Å². The molecule has 2 aromatic carbocycles. The Morgan fingerprint density at radius 3 is 2.39 bits per heavy atom. The standard InChI is InChI=1S/C20H20N4O3S/c1-11-4-7-15(10-12(11)2)22-19(25)17-13(3)21-20(28)23-18(17)14-5-8-16(9-6-14)24(26)27/h4-10,18H,1-3H3,(H,22,25)(H2,21,23,28)/t18-/m1/s1. The Bertz CT molecular complexity index is 999. The number of hydrogen-bond donors (Lipinski definition) is 3. The first-order valence-corrected chi connectivity index (χ1v) is 9.08. The second kappa shape index (κ2) is 7.77.